The summed E-state index contributed by atoms with van der Waals surface area (Å²) in [6.07, 6.45) is 0.862. The molecule has 1 amide bonds. The average molecular weight is 254 g/mol. The Kier molecular flexibility index (Phi) is 4.29. The van der Waals surface area contributed by atoms with E-state index >= 15 is 0 Å². The van der Waals surface area contributed by atoms with Crippen LogP contribution in [0.15, 0.2) is 29.8 Å². The number of hydrogen-bond acceptors (Lipinski definition) is 2. The topological polar surface area (TPSA) is 66.4 Å². The molecule has 4 nitrogen and oxygen atoms in total. The number of aryl methyl sites for hydroxylation is 1. The summed E-state index contributed by atoms with van der Waals surface area (Å²) in [4.78, 5) is 22.0. The first-order valence-corrected chi connectivity index (χ1v) is 5.26. The van der Waals surface area contributed by atoms with Gasteiger partial charge in [-0.3, -0.25) is 4.79 Å². The third-order valence-electron chi connectivity index (χ3n) is 2.13. The molecule has 0 aliphatic rings. The van der Waals surface area contributed by atoms with Crippen LogP contribution in [0.1, 0.15) is 12.5 Å². The van der Waals surface area contributed by atoms with Gasteiger partial charge in [0.05, 0.1) is 0 Å². The number of carbonyl (C=O) groups is 2. The maximum Gasteiger partial charge on any atom is 0.328 e. The maximum absolute atomic E-state index is 11.6. The summed E-state index contributed by atoms with van der Waals surface area (Å²) < 4.78 is 0. The second-order valence-electron chi connectivity index (χ2n) is 3.58. The average Bonchev–Trinajstić information content (AvgIpc) is 2.21. The molecule has 0 atom stereocenters. The SMILES string of the molecule is C/C(=C\C(=O)O)C(=O)Nc1ccc(Cl)cc1C. The van der Waals surface area contributed by atoms with Crippen LogP contribution in [-0.2, 0) is 9.59 Å². The van der Waals surface area contributed by atoms with Crippen LogP contribution in [0.3, 0.4) is 0 Å². The Labute approximate surface area is 104 Å². The number of carbonyl (C=O) groups excluding carboxylic acids is 1. The number of nitrogens with one attached hydrogen (secondary N) is 1. The van der Waals surface area contributed by atoms with Crippen molar-refractivity contribution in [2.24, 2.45) is 0 Å². The number of carboxylic acids is 1. The first-order valence-electron chi connectivity index (χ1n) is 4.89. The molecule has 1 aromatic carbocycles. The summed E-state index contributed by atoms with van der Waals surface area (Å²) in [6.45, 7) is 3.24. The molecule has 0 fully saturated rings. The van der Waals surface area contributed by atoms with Crippen LogP contribution in [0.5, 0.6) is 0 Å². The lowest BCUT2D eigenvalue weighted by atomic mass is 10.2. The number of anilines is 1. The summed E-state index contributed by atoms with van der Waals surface area (Å²) in [7, 11) is 0. The largest absolute Gasteiger partial charge is 0.478 e. The lowest BCUT2D eigenvalue weighted by molar-refractivity contribution is -0.131. The van der Waals surface area contributed by atoms with Gasteiger partial charge in [0.1, 0.15) is 0 Å². The monoisotopic (exact) mass is 253 g/mol. The number of benzene rings is 1. The Balaban J connectivity index is 2.85. The maximum atomic E-state index is 11.6. The number of aliphatic carboxylic acids is 1. The van der Waals surface area contributed by atoms with Crippen molar-refractivity contribution >= 4 is 29.2 Å². The minimum atomic E-state index is -1.15. The first kappa shape index (κ1) is 13.3. The Morgan fingerprint density at radius 2 is 2.06 bits per heavy atom. The number of hydrogen-bond donors (Lipinski definition) is 2. The van der Waals surface area contributed by atoms with E-state index in [1.165, 1.54) is 6.92 Å². The van der Waals surface area contributed by atoms with Crippen LogP contribution >= 0.6 is 11.6 Å². The van der Waals surface area contributed by atoms with E-state index in [4.69, 9.17) is 16.7 Å². The second kappa shape index (κ2) is 5.50. The molecule has 0 aromatic heterocycles. The van der Waals surface area contributed by atoms with Crippen molar-refractivity contribution < 1.29 is 14.7 Å². The number of halogens is 1. The molecule has 5 heteroatoms. The molecule has 1 rings (SSSR count). The first-order chi connectivity index (χ1) is 7.90. The zero-order chi connectivity index (χ0) is 13.0. The molecule has 0 aliphatic heterocycles. The molecule has 2 N–H and O–H groups in total. The Bertz CT molecular complexity index is 495. The van der Waals surface area contributed by atoms with E-state index in [0.717, 1.165) is 11.6 Å². The molecular formula is C12H12ClNO3. The fourth-order valence-corrected chi connectivity index (χ4v) is 1.47. The number of amides is 1. The van der Waals surface area contributed by atoms with Crippen LogP contribution in [0.2, 0.25) is 5.02 Å². The van der Waals surface area contributed by atoms with Gasteiger partial charge >= 0.3 is 5.97 Å². The molecule has 1 aromatic rings. The van der Waals surface area contributed by atoms with E-state index in [1.807, 2.05) is 0 Å². The van der Waals surface area contributed by atoms with Gasteiger partial charge in [0.2, 0.25) is 0 Å². The van der Waals surface area contributed by atoms with Crippen LogP contribution in [-0.4, -0.2) is 17.0 Å². The Morgan fingerprint density at radius 3 is 2.59 bits per heavy atom. The summed E-state index contributed by atoms with van der Waals surface area (Å²) >= 11 is 5.78. The highest BCUT2D eigenvalue weighted by atomic mass is 35.5. The van der Waals surface area contributed by atoms with Gasteiger partial charge in [0.15, 0.2) is 0 Å². The highest BCUT2D eigenvalue weighted by Gasteiger charge is 2.08. The predicted molar refractivity (Wildman–Crippen MR) is 66.2 cm³/mol. The van der Waals surface area contributed by atoms with E-state index < -0.39 is 11.9 Å². The Morgan fingerprint density at radius 1 is 1.41 bits per heavy atom. The van der Waals surface area contributed by atoms with Gasteiger partial charge in [-0.1, -0.05) is 11.6 Å². The van der Waals surface area contributed by atoms with Gasteiger partial charge in [0, 0.05) is 22.4 Å². The molecule has 0 unspecified atom stereocenters. The third kappa shape index (κ3) is 3.92. The molecule has 0 aliphatic carbocycles. The van der Waals surface area contributed by atoms with E-state index in [2.05, 4.69) is 5.32 Å². The number of carboxylic acid groups (broad SMARTS) is 1. The van der Waals surface area contributed by atoms with Crippen LogP contribution in [0, 0.1) is 6.92 Å². The molecule has 0 radical (unpaired) electrons. The highest BCUT2D eigenvalue weighted by Crippen LogP contribution is 2.19. The minimum Gasteiger partial charge on any atom is -0.478 e. The summed E-state index contributed by atoms with van der Waals surface area (Å²) in [5, 5.41) is 11.7. The number of rotatable bonds is 3. The van der Waals surface area contributed by atoms with Crippen molar-refractivity contribution in [3.05, 3.63) is 40.4 Å². The van der Waals surface area contributed by atoms with E-state index in [-0.39, 0.29) is 5.57 Å². The van der Waals surface area contributed by atoms with Crippen molar-refractivity contribution in [3.63, 3.8) is 0 Å². The summed E-state index contributed by atoms with van der Waals surface area (Å²) in [5.74, 6) is -1.59. The Hall–Kier alpha value is -1.81. The normalized spacial score (nSPS) is 11.1. The molecule has 90 valence electrons. The van der Waals surface area contributed by atoms with Crippen molar-refractivity contribution in [1.29, 1.82) is 0 Å². The van der Waals surface area contributed by atoms with E-state index in [1.54, 1.807) is 25.1 Å². The van der Waals surface area contributed by atoms with E-state index in [0.29, 0.717) is 10.7 Å². The van der Waals surface area contributed by atoms with Crippen molar-refractivity contribution in [2.75, 3.05) is 5.32 Å². The summed E-state index contributed by atoms with van der Waals surface area (Å²) in [5.41, 5.74) is 1.55. The third-order valence-corrected chi connectivity index (χ3v) is 2.37. The summed E-state index contributed by atoms with van der Waals surface area (Å²) in [6, 6.07) is 5.04. The highest BCUT2D eigenvalue weighted by molar-refractivity contribution is 6.30. The zero-order valence-corrected chi connectivity index (χ0v) is 10.2. The van der Waals surface area contributed by atoms with E-state index in [9.17, 15) is 9.59 Å². The smallest absolute Gasteiger partial charge is 0.328 e. The molecule has 17 heavy (non-hydrogen) atoms. The molecule has 0 saturated heterocycles. The molecular weight excluding hydrogens is 242 g/mol. The van der Waals surface area contributed by atoms with Crippen LogP contribution < -0.4 is 5.32 Å². The van der Waals surface area contributed by atoms with Gasteiger partial charge < -0.3 is 10.4 Å². The van der Waals surface area contributed by atoms with Gasteiger partial charge in [-0.25, -0.2) is 4.79 Å². The lowest BCUT2D eigenvalue weighted by Crippen LogP contribution is -2.14. The van der Waals surface area contributed by atoms with Crippen molar-refractivity contribution in [1.82, 2.24) is 0 Å². The fraction of sp³-hybridized carbons (Fsp3) is 0.167. The van der Waals surface area contributed by atoms with Crippen LogP contribution in [0.25, 0.3) is 0 Å². The minimum absolute atomic E-state index is 0.131. The quantitative estimate of drug-likeness (QED) is 0.814. The lowest BCUT2D eigenvalue weighted by Gasteiger charge is -2.08. The molecule has 0 bridgehead atoms. The van der Waals surface area contributed by atoms with Crippen LogP contribution in [0.4, 0.5) is 5.69 Å². The van der Waals surface area contributed by atoms with Gasteiger partial charge in [-0.15, -0.1) is 0 Å². The molecule has 0 saturated carbocycles. The molecule has 0 spiro atoms. The molecule has 0 heterocycles. The second-order valence-corrected chi connectivity index (χ2v) is 4.02. The van der Waals surface area contributed by atoms with Gasteiger partial charge in [-0.05, 0) is 37.6 Å². The van der Waals surface area contributed by atoms with Gasteiger partial charge in [0.25, 0.3) is 5.91 Å². The predicted octanol–water partition coefficient (Wildman–Crippen LogP) is 2.62. The van der Waals surface area contributed by atoms with Crippen molar-refractivity contribution in [2.45, 2.75) is 13.8 Å². The zero-order valence-electron chi connectivity index (χ0n) is 9.45. The fourth-order valence-electron chi connectivity index (χ4n) is 1.24. The van der Waals surface area contributed by atoms with Gasteiger partial charge in [-0.2, -0.15) is 0 Å². The standard InChI is InChI=1S/C12H12ClNO3/c1-7-5-9(13)3-4-10(7)14-12(17)8(2)6-11(15)16/h3-6H,1-2H3,(H,14,17)(H,15,16)/b8-6+. The van der Waals surface area contributed by atoms with Crippen molar-refractivity contribution in [3.8, 4) is 0 Å².